The maximum atomic E-state index is 11.8. The van der Waals surface area contributed by atoms with E-state index in [1.807, 2.05) is 65.5 Å². The standard InChI is InChI=1S/C14H14NO.ClH/c16-14(13-7-3-1-4-8-13)9-12-15-10-5-2-6-11-15;/h1-8,10-11H,9,12H2;1H/q+1;/p-1. The van der Waals surface area contributed by atoms with E-state index in [9.17, 15) is 4.79 Å². The lowest BCUT2D eigenvalue weighted by atomic mass is 10.1. The fraction of sp³-hybridized carbons (Fsp3) is 0.143. The van der Waals surface area contributed by atoms with E-state index < -0.39 is 0 Å². The van der Waals surface area contributed by atoms with Crippen LogP contribution in [0.3, 0.4) is 0 Å². The lowest BCUT2D eigenvalue weighted by molar-refractivity contribution is -0.695. The number of nitrogens with zero attached hydrogens (tertiary/aromatic N) is 1. The van der Waals surface area contributed by atoms with Crippen LogP contribution in [0.1, 0.15) is 16.8 Å². The van der Waals surface area contributed by atoms with Crippen LogP contribution in [0.25, 0.3) is 0 Å². The maximum Gasteiger partial charge on any atom is 0.169 e. The summed E-state index contributed by atoms with van der Waals surface area (Å²) < 4.78 is 2.01. The summed E-state index contributed by atoms with van der Waals surface area (Å²) in [6, 6.07) is 15.3. The Hall–Kier alpha value is -1.67. The van der Waals surface area contributed by atoms with E-state index in [-0.39, 0.29) is 18.2 Å². The number of aromatic nitrogens is 1. The second-order valence-electron chi connectivity index (χ2n) is 3.65. The lowest BCUT2D eigenvalue weighted by Crippen LogP contribution is -3.00. The molecule has 1 aromatic heterocycles. The number of pyridine rings is 1. The van der Waals surface area contributed by atoms with E-state index in [2.05, 4.69) is 0 Å². The van der Waals surface area contributed by atoms with Crippen molar-refractivity contribution in [2.24, 2.45) is 0 Å². The number of hydrogen-bond acceptors (Lipinski definition) is 1. The number of Topliss-reactive ketones (excluding diaryl/α,β-unsaturated/α-hetero) is 1. The number of rotatable bonds is 4. The number of carbonyl (C=O) groups is 1. The molecule has 1 heterocycles. The molecule has 0 N–H and O–H groups in total. The third-order valence-electron chi connectivity index (χ3n) is 2.47. The first-order valence-corrected chi connectivity index (χ1v) is 5.38. The predicted octanol–water partition coefficient (Wildman–Crippen LogP) is -0.749. The number of aryl methyl sites for hydroxylation is 1. The minimum atomic E-state index is 0. The van der Waals surface area contributed by atoms with Gasteiger partial charge in [-0.2, -0.15) is 0 Å². The highest BCUT2D eigenvalue weighted by Gasteiger charge is 2.07. The molecule has 3 heteroatoms. The molecule has 0 radical (unpaired) electrons. The molecule has 2 aromatic rings. The van der Waals surface area contributed by atoms with Gasteiger partial charge in [0.1, 0.15) is 0 Å². The van der Waals surface area contributed by atoms with Crippen molar-refractivity contribution < 1.29 is 21.8 Å². The van der Waals surface area contributed by atoms with Crippen LogP contribution in [-0.2, 0) is 6.54 Å². The summed E-state index contributed by atoms with van der Waals surface area (Å²) in [5, 5.41) is 0. The lowest BCUT2D eigenvalue weighted by Gasteiger charge is -1.98. The average molecular weight is 248 g/mol. The van der Waals surface area contributed by atoms with Gasteiger partial charge in [-0.25, -0.2) is 4.57 Å². The fourth-order valence-corrected chi connectivity index (χ4v) is 1.58. The van der Waals surface area contributed by atoms with Crippen LogP contribution in [0.15, 0.2) is 60.9 Å². The molecule has 0 atom stereocenters. The summed E-state index contributed by atoms with van der Waals surface area (Å²) >= 11 is 0. The zero-order chi connectivity index (χ0) is 11.2. The monoisotopic (exact) mass is 247 g/mol. The molecule has 1 aromatic carbocycles. The Morgan fingerprint density at radius 3 is 2.18 bits per heavy atom. The summed E-state index contributed by atoms with van der Waals surface area (Å²) in [5.74, 6) is 0.192. The highest BCUT2D eigenvalue weighted by molar-refractivity contribution is 5.95. The van der Waals surface area contributed by atoms with Gasteiger partial charge in [-0.15, -0.1) is 0 Å². The van der Waals surface area contributed by atoms with Gasteiger partial charge in [0.05, 0.1) is 6.42 Å². The van der Waals surface area contributed by atoms with Gasteiger partial charge in [-0.3, -0.25) is 4.79 Å². The fourth-order valence-electron chi connectivity index (χ4n) is 1.58. The van der Waals surface area contributed by atoms with Gasteiger partial charge in [0.2, 0.25) is 0 Å². The number of hydrogen-bond donors (Lipinski definition) is 0. The van der Waals surface area contributed by atoms with Crippen LogP contribution in [-0.4, -0.2) is 5.78 Å². The van der Waals surface area contributed by atoms with Crippen molar-refractivity contribution in [3.63, 3.8) is 0 Å². The van der Waals surface area contributed by atoms with Crippen LogP contribution in [0.4, 0.5) is 0 Å². The van der Waals surface area contributed by atoms with E-state index in [1.165, 1.54) is 0 Å². The summed E-state index contributed by atoms with van der Waals surface area (Å²) in [6.45, 7) is 0.731. The normalized spacial score (nSPS) is 9.41. The summed E-state index contributed by atoms with van der Waals surface area (Å²) in [4.78, 5) is 11.8. The Morgan fingerprint density at radius 2 is 1.53 bits per heavy atom. The first-order valence-electron chi connectivity index (χ1n) is 5.38. The van der Waals surface area contributed by atoms with Gasteiger partial charge >= 0.3 is 0 Å². The molecule has 2 nitrogen and oxygen atoms in total. The van der Waals surface area contributed by atoms with Crippen molar-refractivity contribution >= 4 is 5.78 Å². The van der Waals surface area contributed by atoms with E-state index in [0.717, 1.165) is 12.1 Å². The number of benzene rings is 1. The van der Waals surface area contributed by atoms with Crippen molar-refractivity contribution in [1.29, 1.82) is 0 Å². The van der Waals surface area contributed by atoms with Crippen molar-refractivity contribution in [2.75, 3.05) is 0 Å². The van der Waals surface area contributed by atoms with Crippen LogP contribution in [0.5, 0.6) is 0 Å². The smallest absolute Gasteiger partial charge is 0.169 e. The molecule has 0 aliphatic rings. The number of carbonyl (C=O) groups excluding carboxylic acids is 1. The maximum absolute atomic E-state index is 11.8. The molecule has 2 rings (SSSR count). The molecular formula is C14H14ClNO. The average Bonchev–Trinajstić information content (AvgIpc) is 2.38. The van der Waals surface area contributed by atoms with Crippen molar-refractivity contribution in [3.8, 4) is 0 Å². The Morgan fingerprint density at radius 1 is 0.941 bits per heavy atom. The van der Waals surface area contributed by atoms with Gasteiger partial charge in [0.15, 0.2) is 24.7 Å². The quantitative estimate of drug-likeness (QED) is 0.515. The van der Waals surface area contributed by atoms with Crippen molar-refractivity contribution in [2.45, 2.75) is 13.0 Å². The predicted molar refractivity (Wildman–Crippen MR) is 62.0 cm³/mol. The van der Waals surface area contributed by atoms with Gasteiger partial charge in [-0.1, -0.05) is 36.4 Å². The zero-order valence-electron chi connectivity index (χ0n) is 9.42. The molecule has 0 aliphatic carbocycles. The molecule has 0 bridgehead atoms. The first kappa shape index (κ1) is 13.4. The Kier molecular flexibility index (Phi) is 5.37. The number of halogens is 1. The summed E-state index contributed by atoms with van der Waals surface area (Å²) in [6.07, 6.45) is 4.48. The minimum absolute atomic E-state index is 0. The van der Waals surface area contributed by atoms with E-state index >= 15 is 0 Å². The van der Waals surface area contributed by atoms with Crippen molar-refractivity contribution in [1.82, 2.24) is 0 Å². The molecule has 88 valence electrons. The van der Waals surface area contributed by atoms with Crippen LogP contribution >= 0.6 is 0 Å². The molecule has 17 heavy (non-hydrogen) atoms. The van der Waals surface area contributed by atoms with E-state index in [1.54, 1.807) is 0 Å². The van der Waals surface area contributed by atoms with Crippen LogP contribution < -0.4 is 17.0 Å². The molecule has 0 saturated heterocycles. The summed E-state index contributed by atoms with van der Waals surface area (Å²) in [5.41, 5.74) is 0.791. The third-order valence-corrected chi connectivity index (χ3v) is 2.47. The second-order valence-corrected chi connectivity index (χ2v) is 3.65. The topological polar surface area (TPSA) is 20.9 Å². The first-order chi connectivity index (χ1) is 7.86. The largest absolute Gasteiger partial charge is 1.00 e. The van der Waals surface area contributed by atoms with E-state index in [4.69, 9.17) is 0 Å². The Balaban J connectivity index is 0.00000144. The summed E-state index contributed by atoms with van der Waals surface area (Å²) in [7, 11) is 0. The Bertz CT molecular complexity index is 456. The van der Waals surface area contributed by atoms with Crippen molar-refractivity contribution in [3.05, 3.63) is 66.5 Å². The SMILES string of the molecule is O=C(CC[n+]1ccccc1)c1ccccc1.[Cl-]. The van der Waals surface area contributed by atoms with Gasteiger partial charge in [0.25, 0.3) is 0 Å². The van der Waals surface area contributed by atoms with Gasteiger partial charge in [-0.05, 0) is 0 Å². The second kappa shape index (κ2) is 6.81. The Labute approximate surface area is 107 Å². The number of ketones is 1. The highest BCUT2D eigenvalue weighted by atomic mass is 35.5. The third kappa shape index (κ3) is 4.00. The molecule has 0 amide bonds. The molecule has 0 aliphatic heterocycles. The molecular weight excluding hydrogens is 234 g/mol. The molecule has 0 unspecified atom stereocenters. The molecule has 0 saturated carbocycles. The van der Waals surface area contributed by atoms with Crippen LogP contribution in [0, 0.1) is 0 Å². The van der Waals surface area contributed by atoms with E-state index in [0.29, 0.717) is 6.42 Å². The molecule has 0 spiro atoms. The van der Waals surface area contributed by atoms with Crippen LogP contribution in [0.2, 0.25) is 0 Å². The van der Waals surface area contributed by atoms with Gasteiger partial charge in [0, 0.05) is 17.7 Å². The minimum Gasteiger partial charge on any atom is -1.00 e. The highest BCUT2D eigenvalue weighted by Crippen LogP contribution is 2.02. The molecule has 0 fully saturated rings. The zero-order valence-corrected chi connectivity index (χ0v) is 10.2. The van der Waals surface area contributed by atoms with Gasteiger partial charge < -0.3 is 12.4 Å².